The summed E-state index contributed by atoms with van der Waals surface area (Å²) >= 11 is 0. The number of ether oxygens (including phenoxy) is 1. The predicted octanol–water partition coefficient (Wildman–Crippen LogP) is 2.28. The van der Waals surface area contributed by atoms with Crippen molar-refractivity contribution in [2.45, 2.75) is 24.9 Å². The van der Waals surface area contributed by atoms with Crippen molar-refractivity contribution in [3.8, 4) is 11.3 Å². The van der Waals surface area contributed by atoms with E-state index in [1.165, 1.54) is 6.07 Å². The minimum Gasteiger partial charge on any atom is -0.478 e. The first kappa shape index (κ1) is 15.8. The number of rotatable bonds is 2. The van der Waals surface area contributed by atoms with Crippen molar-refractivity contribution in [1.29, 1.82) is 0 Å². The van der Waals surface area contributed by atoms with E-state index in [0.717, 1.165) is 31.5 Å². The van der Waals surface area contributed by atoms with Crippen LogP contribution in [0.3, 0.4) is 0 Å². The van der Waals surface area contributed by atoms with Crippen molar-refractivity contribution in [3.63, 3.8) is 0 Å². The number of nitrogens with one attached hydrogen (secondary N) is 1. The third kappa shape index (κ3) is 2.78. The smallest absolute Gasteiger partial charge is 0.338 e. The molecule has 2 aliphatic rings. The van der Waals surface area contributed by atoms with Crippen LogP contribution in [-0.4, -0.2) is 40.7 Å². The summed E-state index contributed by atoms with van der Waals surface area (Å²) < 4.78 is 5.79. The van der Waals surface area contributed by atoms with Gasteiger partial charge in [-0.1, -0.05) is 12.1 Å². The SMILES string of the molecule is O=C1OC2(CCNCC2)Cc2ccc(-c3ncccc3C(=O)O)cc21. The molecule has 1 spiro atoms. The molecule has 0 bridgehead atoms. The number of fused-ring (bicyclic) bond motifs is 1. The average Bonchev–Trinajstić information content (AvgIpc) is 2.62. The lowest BCUT2D eigenvalue weighted by molar-refractivity contribution is -0.0398. The standard InChI is InChI=1S/C19H18N2O4/c22-17(23)14-2-1-7-21-16(14)12-3-4-13-11-19(5-8-20-9-6-19)25-18(24)15(13)10-12/h1-4,7,10,20H,5-6,8-9,11H2,(H,22,23). The first-order valence-corrected chi connectivity index (χ1v) is 8.34. The molecule has 0 aliphatic carbocycles. The van der Waals surface area contributed by atoms with E-state index >= 15 is 0 Å². The molecule has 6 nitrogen and oxygen atoms in total. The Kier molecular flexibility index (Phi) is 3.77. The summed E-state index contributed by atoms with van der Waals surface area (Å²) in [5.74, 6) is -1.38. The molecule has 1 aromatic carbocycles. The van der Waals surface area contributed by atoms with E-state index in [1.807, 2.05) is 12.1 Å². The number of carboxylic acid groups (broad SMARTS) is 1. The van der Waals surface area contributed by atoms with E-state index in [1.54, 1.807) is 18.3 Å². The summed E-state index contributed by atoms with van der Waals surface area (Å²) in [6, 6.07) is 8.52. The Labute approximate surface area is 144 Å². The van der Waals surface area contributed by atoms with E-state index in [2.05, 4.69) is 10.3 Å². The van der Waals surface area contributed by atoms with Gasteiger partial charge in [0.2, 0.25) is 0 Å². The van der Waals surface area contributed by atoms with Crippen LogP contribution >= 0.6 is 0 Å². The molecule has 25 heavy (non-hydrogen) atoms. The summed E-state index contributed by atoms with van der Waals surface area (Å²) in [6.07, 6.45) is 3.86. The Morgan fingerprint density at radius 3 is 2.80 bits per heavy atom. The molecular weight excluding hydrogens is 320 g/mol. The number of hydrogen-bond acceptors (Lipinski definition) is 5. The van der Waals surface area contributed by atoms with Crippen molar-refractivity contribution in [3.05, 3.63) is 53.2 Å². The van der Waals surface area contributed by atoms with Gasteiger partial charge < -0.3 is 15.2 Å². The molecule has 0 unspecified atom stereocenters. The summed E-state index contributed by atoms with van der Waals surface area (Å²) in [7, 11) is 0. The molecule has 2 aromatic rings. The number of carbonyl (C=O) groups excluding carboxylic acids is 1. The van der Waals surface area contributed by atoms with Gasteiger partial charge in [0.25, 0.3) is 0 Å². The molecule has 2 N–H and O–H groups in total. The van der Waals surface area contributed by atoms with Crippen LogP contribution in [-0.2, 0) is 11.2 Å². The van der Waals surface area contributed by atoms with Crippen LogP contribution in [0.5, 0.6) is 0 Å². The molecule has 4 rings (SSSR count). The van der Waals surface area contributed by atoms with Gasteiger partial charge in [-0.25, -0.2) is 9.59 Å². The number of piperidine rings is 1. The second kappa shape index (κ2) is 5.97. The molecule has 0 amide bonds. The fraction of sp³-hybridized carbons (Fsp3) is 0.316. The van der Waals surface area contributed by atoms with Crippen molar-refractivity contribution in [2.24, 2.45) is 0 Å². The molecule has 1 aromatic heterocycles. The first-order chi connectivity index (χ1) is 12.1. The number of nitrogens with zero attached hydrogens (tertiary/aromatic N) is 1. The lowest BCUT2D eigenvalue weighted by atomic mass is 9.81. The highest BCUT2D eigenvalue weighted by Crippen LogP contribution is 2.36. The second-order valence-corrected chi connectivity index (χ2v) is 6.58. The zero-order valence-corrected chi connectivity index (χ0v) is 13.6. The number of aromatic carboxylic acids is 1. The Hall–Kier alpha value is -2.73. The van der Waals surface area contributed by atoms with Crippen molar-refractivity contribution in [2.75, 3.05) is 13.1 Å². The summed E-state index contributed by atoms with van der Waals surface area (Å²) in [4.78, 5) is 28.2. The van der Waals surface area contributed by atoms with Gasteiger partial charge >= 0.3 is 11.9 Å². The van der Waals surface area contributed by atoms with Gasteiger partial charge in [-0.15, -0.1) is 0 Å². The average molecular weight is 338 g/mol. The second-order valence-electron chi connectivity index (χ2n) is 6.58. The topological polar surface area (TPSA) is 88.5 Å². The molecule has 1 saturated heterocycles. The maximum absolute atomic E-state index is 12.6. The fourth-order valence-corrected chi connectivity index (χ4v) is 3.67. The van der Waals surface area contributed by atoms with E-state index in [0.29, 0.717) is 23.2 Å². The number of aromatic nitrogens is 1. The number of hydrogen-bond donors (Lipinski definition) is 2. The molecule has 0 radical (unpaired) electrons. The van der Waals surface area contributed by atoms with Crippen LogP contribution in [0.15, 0.2) is 36.5 Å². The van der Waals surface area contributed by atoms with E-state index < -0.39 is 11.6 Å². The van der Waals surface area contributed by atoms with Crippen LogP contribution < -0.4 is 5.32 Å². The minimum absolute atomic E-state index is 0.112. The van der Waals surface area contributed by atoms with Crippen LogP contribution in [0.1, 0.15) is 39.1 Å². The summed E-state index contributed by atoms with van der Waals surface area (Å²) in [6.45, 7) is 1.69. The normalized spacial score (nSPS) is 18.5. The number of carboxylic acids is 1. The maximum Gasteiger partial charge on any atom is 0.338 e. The Morgan fingerprint density at radius 2 is 2.04 bits per heavy atom. The van der Waals surface area contributed by atoms with Crippen LogP contribution in [0.4, 0.5) is 0 Å². The summed E-state index contributed by atoms with van der Waals surface area (Å²) in [5.41, 5.74) is 2.12. The molecular formula is C19H18N2O4. The van der Waals surface area contributed by atoms with Gasteiger partial charge in [0.15, 0.2) is 0 Å². The van der Waals surface area contributed by atoms with Crippen LogP contribution in [0, 0.1) is 0 Å². The van der Waals surface area contributed by atoms with Gasteiger partial charge in [-0.05, 0) is 36.9 Å². The largest absolute Gasteiger partial charge is 0.478 e. The van der Waals surface area contributed by atoms with Gasteiger partial charge in [0, 0.05) is 31.0 Å². The van der Waals surface area contributed by atoms with Gasteiger partial charge in [-0.3, -0.25) is 4.98 Å². The molecule has 6 heteroatoms. The van der Waals surface area contributed by atoms with E-state index in [-0.39, 0.29) is 11.5 Å². The van der Waals surface area contributed by atoms with E-state index in [9.17, 15) is 14.7 Å². The van der Waals surface area contributed by atoms with Gasteiger partial charge in [0.05, 0.1) is 16.8 Å². The molecule has 128 valence electrons. The lowest BCUT2D eigenvalue weighted by Crippen LogP contribution is -2.49. The monoisotopic (exact) mass is 338 g/mol. The highest BCUT2D eigenvalue weighted by atomic mass is 16.6. The van der Waals surface area contributed by atoms with Gasteiger partial charge in [-0.2, -0.15) is 0 Å². The zero-order valence-electron chi connectivity index (χ0n) is 13.6. The van der Waals surface area contributed by atoms with Crippen molar-refractivity contribution < 1.29 is 19.4 Å². The first-order valence-electron chi connectivity index (χ1n) is 8.34. The quantitative estimate of drug-likeness (QED) is 0.817. The number of pyridine rings is 1. The fourth-order valence-electron chi connectivity index (χ4n) is 3.67. The Morgan fingerprint density at radius 1 is 1.24 bits per heavy atom. The van der Waals surface area contributed by atoms with Crippen molar-refractivity contribution in [1.82, 2.24) is 10.3 Å². The highest BCUT2D eigenvalue weighted by Gasteiger charge is 2.41. The van der Waals surface area contributed by atoms with Gasteiger partial charge in [0.1, 0.15) is 5.60 Å². The maximum atomic E-state index is 12.6. The van der Waals surface area contributed by atoms with Crippen molar-refractivity contribution >= 4 is 11.9 Å². The molecule has 0 atom stereocenters. The number of benzene rings is 1. The third-order valence-corrected chi connectivity index (χ3v) is 4.98. The van der Waals surface area contributed by atoms with Crippen LogP contribution in [0.2, 0.25) is 0 Å². The predicted molar refractivity (Wildman–Crippen MR) is 90.6 cm³/mol. The van der Waals surface area contributed by atoms with Crippen LogP contribution in [0.25, 0.3) is 11.3 Å². The molecule has 3 heterocycles. The highest BCUT2D eigenvalue weighted by molar-refractivity contribution is 5.97. The zero-order chi connectivity index (χ0) is 17.4. The number of carbonyl (C=O) groups is 2. The lowest BCUT2D eigenvalue weighted by Gasteiger charge is -2.40. The molecule has 0 saturated carbocycles. The minimum atomic E-state index is -1.04. The molecule has 2 aliphatic heterocycles. The Bertz CT molecular complexity index is 856. The summed E-state index contributed by atoms with van der Waals surface area (Å²) in [5, 5.41) is 12.6. The third-order valence-electron chi connectivity index (χ3n) is 4.98. The van der Waals surface area contributed by atoms with E-state index in [4.69, 9.17) is 4.74 Å². The Balaban J connectivity index is 1.74. The number of esters is 1. The molecule has 1 fully saturated rings.